The molecule has 2 aromatic heterocycles. The lowest BCUT2D eigenvalue weighted by atomic mass is 10.0. The lowest BCUT2D eigenvalue weighted by Gasteiger charge is -2.29. The number of hydrogen-bond donors (Lipinski definition) is 1. The molecule has 1 atom stereocenters. The first-order chi connectivity index (χ1) is 17.7. The van der Waals surface area contributed by atoms with Crippen LogP contribution in [0.2, 0.25) is 0 Å². The average molecular weight is 527 g/mol. The molecule has 196 valence electrons. The van der Waals surface area contributed by atoms with Crippen LogP contribution >= 0.6 is 11.3 Å². The first-order valence-corrected chi connectivity index (χ1v) is 12.8. The number of methoxy groups -OCH3 is 1. The molecular formula is C27H31FN4O4S. The van der Waals surface area contributed by atoms with E-state index in [1.807, 2.05) is 31.2 Å². The van der Waals surface area contributed by atoms with Gasteiger partial charge < -0.3 is 20.1 Å². The maximum Gasteiger partial charge on any atom is 0.410 e. The van der Waals surface area contributed by atoms with Crippen LogP contribution in [0.3, 0.4) is 0 Å². The van der Waals surface area contributed by atoms with Gasteiger partial charge in [-0.1, -0.05) is 17.4 Å². The molecule has 0 saturated carbocycles. The first-order valence-electron chi connectivity index (χ1n) is 12.0. The molecule has 1 aliphatic rings. The number of amides is 1. The van der Waals surface area contributed by atoms with Crippen LogP contribution in [0.1, 0.15) is 55.6 Å². The van der Waals surface area contributed by atoms with Gasteiger partial charge in [-0.15, -0.1) is 0 Å². The highest BCUT2D eigenvalue weighted by molar-refractivity contribution is 7.23. The Balaban J connectivity index is 0.00000156. The van der Waals surface area contributed by atoms with E-state index in [9.17, 15) is 9.59 Å². The van der Waals surface area contributed by atoms with Gasteiger partial charge in [0, 0.05) is 24.4 Å². The SMILES string of the molecule is CN.COc1cc2c(cc1C=O)sc1nc(-c3ccc(C4CCCN4C(=O)OC(C)(C)C)cc3F)cn12. The van der Waals surface area contributed by atoms with Crippen LogP contribution in [0.5, 0.6) is 5.75 Å². The Morgan fingerprint density at radius 1 is 1.24 bits per heavy atom. The number of fused-ring (bicyclic) bond motifs is 3. The zero-order valence-corrected chi connectivity index (χ0v) is 22.4. The monoisotopic (exact) mass is 526 g/mol. The number of nitrogens with zero attached hydrogens (tertiary/aromatic N) is 3. The lowest BCUT2D eigenvalue weighted by molar-refractivity contribution is 0.0224. The van der Waals surface area contributed by atoms with Crippen molar-refractivity contribution in [1.82, 2.24) is 14.3 Å². The minimum absolute atomic E-state index is 0.220. The summed E-state index contributed by atoms with van der Waals surface area (Å²) < 4.78 is 29.0. The summed E-state index contributed by atoms with van der Waals surface area (Å²) in [7, 11) is 3.02. The molecule has 4 aromatic rings. The van der Waals surface area contributed by atoms with Gasteiger partial charge in [0.25, 0.3) is 0 Å². The highest BCUT2D eigenvalue weighted by Gasteiger charge is 2.33. The first kappa shape index (κ1) is 26.6. The normalized spacial score (nSPS) is 15.5. The largest absolute Gasteiger partial charge is 0.496 e. The Bertz CT molecular complexity index is 1460. The van der Waals surface area contributed by atoms with Gasteiger partial charge in [-0.25, -0.2) is 14.2 Å². The molecule has 0 spiro atoms. The summed E-state index contributed by atoms with van der Waals surface area (Å²) in [6.07, 6.45) is 3.77. The summed E-state index contributed by atoms with van der Waals surface area (Å²) in [6, 6.07) is 8.41. The highest BCUT2D eigenvalue weighted by Crippen LogP contribution is 2.37. The van der Waals surface area contributed by atoms with E-state index in [-0.39, 0.29) is 12.1 Å². The fraction of sp³-hybridized carbons (Fsp3) is 0.370. The van der Waals surface area contributed by atoms with Crippen molar-refractivity contribution in [2.75, 3.05) is 20.7 Å². The van der Waals surface area contributed by atoms with E-state index in [1.165, 1.54) is 31.6 Å². The topological polar surface area (TPSA) is 99.2 Å². The summed E-state index contributed by atoms with van der Waals surface area (Å²) >= 11 is 1.42. The quantitative estimate of drug-likeness (QED) is 0.336. The number of hydrogen-bond acceptors (Lipinski definition) is 7. The average Bonchev–Trinajstić information content (AvgIpc) is 3.58. The van der Waals surface area contributed by atoms with E-state index in [4.69, 9.17) is 9.47 Å². The van der Waals surface area contributed by atoms with Gasteiger partial charge in [0.05, 0.1) is 34.6 Å². The van der Waals surface area contributed by atoms with Gasteiger partial charge in [-0.05, 0) is 64.4 Å². The summed E-state index contributed by atoms with van der Waals surface area (Å²) in [5.74, 6) is 0.0820. The second-order valence-corrected chi connectivity index (χ2v) is 10.6. The van der Waals surface area contributed by atoms with Crippen LogP contribution in [0, 0.1) is 5.82 Å². The summed E-state index contributed by atoms with van der Waals surface area (Å²) in [5, 5.41) is 0. The molecule has 1 unspecified atom stereocenters. The van der Waals surface area contributed by atoms with Gasteiger partial charge in [0.2, 0.25) is 0 Å². The van der Waals surface area contributed by atoms with Crippen molar-refractivity contribution in [2.45, 2.75) is 45.3 Å². The van der Waals surface area contributed by atoms with Crippen molar-refractivity contribution < 1.29 is 23.5 Å². The van der Waals surface area contributed by atoms with Crippen LogP contribution in [0.25, 0.3) is 26.4 Å². The van der Waals surface area contributed by atoms with Crippen LogP contribution < -0.4 is 10.5 Å². The van der Waals surface area contributed by atoms with E-state index < -0.39 is 11.4 Å². The van der Waals surface area contributed by atoms with E-state index >= 15 is 4.39 Å². The molecule has 3 heterocycles. The third kappa shape index (κ3) is 5.17. The molecule has 2 aromatic carbocycles. The molecule has 0 aliphatic carbocycles. The minimum Gasteiger partial charge on any atom is -0.496 e. The number of aromatic nitrogens is 2. The molecule has 5 rings (SSSR count). The van der Waals surface area contributed by atoms with Gasteiger partial charge in [-0.2, -0.15) is 0 Å². The molecule has 0 bridgehead atoms. The van der Waals surface area contributed by atoms with E-state index in [2.05, 4.69) is 10.7 Å². The predicted octanol–water partition coefficient (Wildman–Crippen LogP) is 5.82. The van der Waals surface area contributed by atoms with E-state index in [0.29, 0.717) is 34.1 Å². The van der Waals surface area contributed by atoms with Gasteiger partial charge >= 0.3 is 6.09 Å². The van der Waals surface area contributed by atoms with Gasteiger partial charge in [-0.3, -0.25) is 9.20 Å². The second kappa shape index (κ2) is 10.5. The Kier molecular flexibility index (Phi) is 7.52. The van der Waals surface area contributed by atoms with Crippen LogP contribution in [0.15, 0.2) is 36.5 Å². The molecular weight excluding hydrogens is 495 g/mol. The Hall–Kier alpha value is -3.50. The van der Waals surface area contributed by atoms with Crippen molar-refractivity contribution >= 4 is 38.9 Å². The number of carbonyl (C=O) groups excluding carboxylic acids is 2. The molecule has 2 N–H and O–H groups in total. The number of rotatable bonds is 4. The van der Waals surface area contributed by atoms with Crippen LogP contribution in [0.4, 0.5) is 9.18 Å². The minimum atomic E-state index is -0.587. The molecule has 1 amide bonds. The predicted molar refractivity (Wildman–Crippen MR) is 143 cm³/mol. The molecule has 37 heavy (non-hydrogen) atoms. The number of aldehydes is 1. The van der Waals surface area contributed by atoms with E-state index in [1.54, 1.807) is 29.3 Å². The molecule has 8 nitrogen and oxygen atoms in total. The van der Waals surface area contributed by atoms with Gasteiger partial charge in [0.15, 0.2) is 11.2 Å². The number of thiazole rings is 1. The molecule has 10 heteroatoms. The number of imidazole rings is 1. The number of carbonyl (C=O) groups is 2. The number of ether oxygens (including phenoxy) is 2. The Morgan fingerprint density at radius 2 is 2.00 bits per heavy atom. The standard InChI is InChI=1S/C26H26FN3O4S.CH5N/c1-26(2,3)34-25(32)29-9-5-6-20(29)15-7-8-17(18(27)10-15)19-13-30-21-12-22(33-4)16(14-31)11-23(21)35-24(30)28-19;1-2/h7-8,10-14,20H,5-6,9H2,1-4H3;2H2,1H3. The van der Waals surface area contributed by atoms with Crippen molar-refractivity contribution in [2.24, 2.45) is 5.73 Å². The summed E-state index contributed by atoms with van der Waals surface area (Å²) in [4.78, 5) is 31.0. The van der Waals surface area contributed by atoms with Crippen LogP contribution in [-0.4, -0.2) is 53.0 Å². The number of likely N-dealkylation sites (tertiary alicyclic amines) is 1. The third-order valence-corrected chi connectivity index (χ3v) is 7.12. The second-order valence-electron chi connectivity index (χ2n) is 9.63. The molecule has 1 saturated heterocycles. The highest BCUT2D eigenvalue weighted by atomic mass is 32.1. The van der Waals surface area contributed by atoms with Crippen molar-refractivity contribution in [1.29, 1.82) is 0 Å². The maximum absolute atomic E-state index is 15.3. The van der Waals surface area contributed by atoms with Gasteiger partial charge in [0.1, 0.15) is 17.2 Å². The zero-order chi connectivity index (χ0) is 26.9. The fourth-order valence-corrected chi connectivity index (χ4v) is 5.58. The van der Waals surface area contributed by atoms with Crippen molar-refractivity contribution in [3.8, 4) is 17.0 Å². The Labute approximate surface area is 218 Å². The number of nitrogens with two attached hydrogens (primary N) is 1. The third-order valence-electron chi connectivity index (χ3n) is 6.11. The number of halogens is 1. The smallest absolute Gasteiger partial charge is 0.410 e. The molecule has 1 aliphatic heterocycles. The molecule has 0 radical (unpaired) electrons. The maximum atomic E-state index is 15.3. The number of benzene rings is 2. The fourth-order valence-electron chi connectivity index (χ4n) is 4.54. The molecule has 1 fully saturated rings. The zero-order valence-electron chi connectivity index (χ0n) is 21.6. The van der Waals surface area contributed by atoms with Crippen molar-refractivity contribution in [3.63, 3.8) is 0 Å². The Morgan fingerprint density at radius 3 is 2.65 bits per heavy atom. The summed E-state index contributed by atoms with van der Waals surface area (Å²) in [5.41, 5.74) is 6.86. The lowest BCUT2D eigenvalue weighted by Crippen LogP contribution is -2.36. The van der Waals surface area contributed by atoms with Crippen molar-refractivity contribution in [3.05, 3.63) is 53.5 Å². The summed E-state index contributed by atoms with van der Waals surface area (Å²) in [6.45, 7) is 6.09. The van der Waals surface area contributed by atoms with Crippen LogP contribution in [-0.2, 0) is 4.74 Å². The van der Waals surface area contributed by atoms with E-state index in [0.717, 1.165) is 34.9 Å².